The SMILES string of the molecule is CC(C)C(=O)NCCNC[C@@H](O)COc1ccccc1Cl. The molecule has 1 aromatic rings. The second-order valence-electron chi connectivity index (χ2n) is 5.05. The van der Waals surface area contributed by atoms with Crippen molar-refractivity contribution in [2.75, 3.05) is 26.2 Å². The lowest BCUT2D eigenvalue weighted by atomic mass is 10.2. The summed E-state index contributed by atoms with van der Waals surface area (Å²) in [5, 5.41) is 16.1. The summed E-state index contributed by atoms with van der Waals surface area (Å²) in [5.41, 5.74) is 0. The molecule has 0 bridgehead atoms. The number of carbonyl (C=O) groups excluding carboxylic acids is 1. The van der Waals surface area contributed by atoms with Crippen molar-refractivity contribution < 1.29 is 14.6 Å². The van der Waals surface area contributed by atoms with Crippen molar-refractivity contribution in [1.82, 2.24) is 10.6 Å². The highest BCUT2D eigenvalue weighted by Crippen LogP contribution is 2.22. The Balaban J connectivity index is 2.10. The Morgan fingerprint density at radius 1 is 1.33 bits per heavy atom. The van der Waals surface area contributed by atoms with Crippen molar-refractivity contribution in [1.29, 1.82) is 0 Å². The fourth-order valence-electron chi connectivity index (χ4n) is 1.55. The zero-order chi connectivity index (χ0) is 15.7. The van der Waals surface area contributed by atoms with Gasteiger partial charge in [0, 0.05) is 25.6 Å². The van der Waals surface area contributed by atoms with Gasteiger partial charge >= 0.3 is 0 Å². The number of aliphatic hydroxyl groups excluding tert-OH is 1. The number of para-hydroxylation sites is 1. The molecule has 1 aromatic carbocycles. The van der Waals surface area contributed by atoms with Crippen molar-refractivity contribution in [3.8, 4) is 5.75 Å². The van der Waals surface area contributed by atoms with Gasteiger partial charge in [-0.3, -0.25) is 4.79 Å². The van der Waals surface area contributed by atoms with Gasteiger partial charge in [0.05, 0.1) is 5.02 Å². The van der Waals surface area contributed by atoms with Crippen molar-refractivity contribution in [3.05, 3.63) is 29.3 Å². The molecule has 0 spiro atoms. The second-order valence-corrected chi connectivity index (χ2v) is 5.45. The summed E-state index contributed by atoms with van der Waals surface area (Å²) in [5.74, 6) is 0.571. The van der Waals surface area contributed by atoms with E-state index in [1.807, 2.05) is 26.0 Å². The Morgan fingerprint density at radius 2 is 2.05 bits per heavy atom. The topological polar surface area (TPSA) is 70.6 Å². The standard InChI is InChI=1S/C15H23ClN2O3/c1-11(2)15(20)18-8-7-17-9-12(19)10-21-14-6-4-3-5-13(14)16/h3-6,11-12,17,19H,7-10H2,1-2H3,(H,18,20)/t12-/m1/s1. The fraction of sp³-hybridized carbons (Fsp3) is 0.533. The number of hydrogen-bond acceptors (Lipinski definition) is 4. The molecule has 1 rings (SSSR count). The average molecular weight is 315 g/mol. The average Bonchev–Trinajstić information content (AvgIpc) is 2.45. The van der Waals surface area contributed by atoms with Crippen molar-refractivity contribution >= 4 is 17.5 Å². The molecule has 0 aromatic heterocycles. The van der Waals surface area contributed by atoms with E-state index in [0.717, 1.165) is 0 Å². The first-order chi connectivity index (χ1) is 10.0. The summed E-state index contributed by atoms with van der Waals surface area (Å²) in [6.07, 6.45) is -0.637. The summed E-state index contributed by atoms with van der Waals surface area (Å²) in [6.45, 7) is 5.38. The van der Waals surface area contributed by atoms with E-state index in [0.29, 0.717) is 30.4 Å². The summed E-state index contributed by atoms with van der Waals surface area (Å²) in [6, 6.07) is 7.13. The predicted octanol–water partition coefficient (Wildman–Crippen LogP) is 1.44. The van der Waals surface area contributed by atoms with Crippen molar-refractivity contribution in [2.45, 2.75) is 20.0 Å². The summed E-state index contributed by atoms with van der Waals surface area (Å²) < 4.78 is 5.43. The van der Waals surface area contributed by atoms with Gasteiger partial charge in [-0.15, -0.1) is 0 Å². The first kappa shape index (κ1) is 17.8. The number of nitrogens with one attached hydrogen (secondary N) is 2. The third-order valence-electron chi connectivity index (χ3n) is 2.77. The molecule has 0 aliphatic carbocycles. The smallest absolute Gasteiger partial charge is 0.222 e. The lowest BCUT2D eigenvalue weighted by Crippen LogP contribution is -2.38. The lowest BCUT2D eigenvalue weighted by Gasteiger charge is -2.14. The Kier molecular flexibility index (Phi) is 8.12. The molecule has 118 valence electrons. The van der Waals surface area contributed by atoms with Crippen LogP contribution in [0.15, 0.2) is 24.3 Å². The summed E-state index contributed by atoms with van der Waals surface area (Å²) in [7, 11) is 0. The number of hydrogen-bond donors (Lipinski definition) is 3. The van der Waals surface area contributed by atoms with Crippen molar-refractivity contribution in [2.24, 2.45) is 5.92 Å². The molecule has 1 amide bonds. The normalized spacial score (nSPS) is 12.2. The van der Waals surface area contributed by atoms with Crippen LogP contribution < -0.4 is 15.4 Å². The maximum atomic E-state index is 11.3. The molecule has 0 saturated heterocycles. The molecule has 0 aliphatic rings. The molecule has 0 saturated carbocycles. The number of ether oxygens (including phenoxy) is 1. The number of benzene rings is 1. The van der Waals surface area contributed by atoms with Crippen LogP contribution in [0.4, 0.5) is 0 Å². The van der Waals surface area contributed by atoms with Crippen LogP contribution in [-0.4, -0.2) is 43.4 Å². The minimum absolute atomic E-state index is 0.0142. The molecule has 1 atom stereocenters. The van der Waals surface area contributed by atoms with E-state index >= 15 is 0 Å². The summed E-state index contributed by atoms with van der Waals surface area (Å²) >= 11 is 5.95. The first-order valence-electron chi connectivity index (χ1n) is 7.04. The Labute approximate surface area is 130 Å². The van der Waals surface area contributed by atoms with Gasteiger partial charge in [0.25, 0.3) is 0 Å². The third-order valence-corrected chi connectivity index (χ3v) is 3.09. The van der Waals surface area contributed by atoms with Crippen LogP contribution in [0, 0.1) is 5.92 Å². The Hall–Kier alpha value is -1.30. The van der Waals surface area contributed by atoms with E-state index < -0.39 is 6.10 Å². The van der Waals surface area contributed by atoms with Crippen molar-refractivity contribution in [3.63, 3.8) is 0 Å². The quantitative estimate of drug-likeness (QED) is 0.603. The number of carbonyl (C=O) groups is 1. The van der Waals surface area contributed by atoms with E-state index in [1.54, 1.807) is 12.1 Å². The molecular weight excluding hydrogens is 292 g/mol. The highest BCUT2D eigenvalue weighted by atomic mass is 35.5. The highest BCUT2D eigenvalue weighted by molar-refractivity contribution is 6.32. The minimum atomic E-state index is -0.637. The highest BCUT2D eigenvalue weighted by Gasteiger charge is 2.07. The zero-order valence-corrected chi connectivity index (χ0v) is 13.2. The van der Waals surface area contributed by atoms with Crippen LogP contribution in [0.1, 0.15) is 13.8 Å². The molecule has 21 heavy (non-hydrogen) atoms. The number of amides is 1. The van der Waals surface area contributed by atoms with Crippen LogP contribution in [0.3, 0.4) is 0 Å². The monoisotopic (exact) mass is 314 g/mol. The number of halogens is 1. The zero-order valence-electron chi connectivity index (χ0n) is 12.4. The summed E-state index contributed by atoms with van der Waals surface area (Å²) in [4.78, 5) is 11.3. The van der Waals surface area contributed by atoms with Gasteiger partial charge in [-0.2, -0.15) is 0 Å². The Bertz CT molecular complexity index is 441. The van der Waals surface area contributed by atoms with E-state index in [1.165, 1.54) is 0 Å². The molecule has 0 radical (unpaired) electrons. The molecule has 0 aliphatic heterocycles. The second kappa shape index (κ2) is 9.60. The number of aliphatic hydroxyl groups is 1. The van der Waals surface area contributed by atoms with Crippen LogP contribution in [0.5, 0.6) is 5.75 Å². The molecule has 3 N–H and O–H groups in total. The van der Waals surface area contributed by atoms with E-state index in [2.05, 4.69) is 10.6 Å². The largest absolute Gasteiger partial charge is 0.489 e. The van der Waals surface area contributed by atoms with Crippen LogP contribution in [0.2, 0.25) is 5.02 Å². The predicted molar refractivity (Wildman–Crippen MR) is 83.7 cm³/mol. The van der Waals surface area contributed by atoms with Gasteiger partial charge in [-0.05, 0) is 12.1 Å². The fourth-order valence-corrected chi connectivity index (χ4v) is 1.74. The van der Waals surface area contributed by atoms with Gasteiger partial charge in [-0.1, -0.05) is 37.6 Å². The maximum absolute atomic E-state index is 11.3. The Morgan fingerprint density at radius 3 is 2.71 bits per heavy atom. The molecule has 5 nitrogen and oxygen atoms in total. The third kappa shape index (κ3) is 7.32. The number of rotatable bonds is 9. The van der Waals surface area contributed by atoms with Gasteiger partial charge in [0.2, 0.25) is 5.91 Å². The molecule has 0 unspecified atom stereocenters. The molecular formula is C15H23ClN2O3. The van der Waals surface area contributed by atoms with E-state index in [9.17, 15) is 9.90 Å². The van der Waals surface area contributed by atoms with Crippen LogP contribution >= 0.6 is 11.6 Å². The molecule has 0 heterocycles. The molecule has 0 fully saturated rings. The molecule has 6 heteroatoms. The lowest BCUT2D eigenvalue weighted by molar-refractivity contribution is -0.123. The maximum Gasteiger partial charge on any atom is 0.222 e. The first-order valence-corrected chi connectivity index (χ1v) is 7.42. The van der Waals surface area contributed by atoms with Gasteiger partial charge in [0.15, 0.2) is 0 Å². The van der Waals surface area contributed by atoms with E-state index in [4.69, 9.17) is 16.3 Å². The van der Waals surface area contributed by atoms with Gasteiger partial charge in [0.1, 0.15) is 18.5 Å². The minimum Gasteiger partial charge on any atom is -0.489 e. The van der Waals surface area contributed by atoms with Crippen LogP contribution in [-0.2, 0) is 4.79 Å². The van der Waals surface area contributed by atoms with E-state index in [-0.39, 0.29) is 18.4 Å². The van der Waals surface area contributed by atoms with Gasteiger partial charge < -0.3 is 20.5 Å². The van der Waals surface area contributed by atoms with Crippen LogP contribution in [0.25, 0.3) is 0 Å². The van der Waals surface area contributed by atoms with Gasteiger partial charge in [-0.25, -0.2) is 0 Å².